The van der Waals surface area contributed by atoms with Gasteiger partial charge in [-0.1, -0.05) is 11.6 Å². The van der Waals surface area contributed by atoms with Gasteiger partial charge in [0.2, 0.25) is 0 Å². The Kier molecular flexibility index (Phi) is 1.94. The molecule has 2 rings (SSSR count). The highest BCUT2D eigenvalue weighted by Gasteiger charge is 2.05. The number of pyridine rings is 1. The van der Waals surface area contributed by atoms with E-state index in [0.717, 1.165) is 17.0 Å². The molecule has 0 spiro atoms. The van der Waals surface area contributed by atoms with E-state index in [4.69, 9.17) is 17.3 Å². The number of nitrogens with two attached hydrogens (primary N) is 1. The highest BCUT2D eigenvalue weighted by molar-refractivity contribution is 6.31. The average Bonchev–Trinajstić information content (AvgIpc) is 2.47. The quantitative estimate of drug-likeness (QED) is 0.745. The van der Waals surface area contributed by atoms with E-state index in [1.165, 1.54) is 0 Å². The molecule has 0 aliphatic carbocycles. The third kappa shape index (κ3) is 1.28. The summed E-state index contributed by atoms with van der Waals surface area (Å²) in [6.07, 6.45) is 1.79. The Morgan fingerprint density at radius 2 is 2.31 bits per heavy atom. The van der Waals surface area contributed by atoms with E-state index in [9.17, 15) is 0 Å². The number of halogens is 1. The summed E-state index contributed by atoms with van der Waals surface area (Å²) < 4.78 is 1.83. The van der Waals surface area contributed by atoms with Gasteiger partial charge in [-0.15, -0.1) is 10.2 Å². The van der Waals surface area contributed by atoms with Crippen molar-refractivity contribution in [3.05, 3.63) is 28.7 Å². The molecule has 0 aliphatic heterocycles. The zero-order valence-electron chi connectivity index (χ0n) is 7.16. The fraction of sp³-hybridized carbons (Fsp3) is 0.250. The summed E-state index contributed by atoms with van der Waals surface area (Å²) in [6, 6.07) is 1.85. The Balaban J connectivity index is 2.76. The van der Waals surface area contributed by atoms with Gasteiger partial charge in [0.15, 0.2) is 5.65 Å². The lowest BCUT2D eigenvalue weighted by Crippen LogP contribution is -1.99. The van der Waals surface area contributed by atoms with Crippen LogP contribution in [0.15, 0.2) is 12.3 Å². The number of aromatic nitrogens is 3. The van der Waals surface area contributed by atoms with Crippen LogP contribution in [0.2, 0.25) is 5.02 Å². The zero-order valence-corrected chi connectivity index (χ0v) is 7.91. The van der Waals surface area contributed by atoms with Crippen LogP contribution in [0.25, 0.3) is 5.65 Å². The van der Waals surface area contributed by atoms with E-state index in [-0.39, 0.29) is 0 Å². The number of hydrogen-bond donors (Lipinski definition) is 1. The molecule has 4 nitrogen and oxygen atoms in total. The Labute approximate surface area is 80.3 Å². The summed E-state index contributed by atoms with van der Waals surface area (Å²) in [5, 5.41) is 8.54. The standard InChI is InChI=1S/C8H9ClN4/c1-5-11-12-8-2-6(3-10)7(9)4-13(5)8/h2,4H,3,10H2,1H3. The first kappa shape index (κ1) is 8.47. The fourth-order valence-electron chi connectivity index (χ4n) is 1.22. The summed E-state index contributed by atoms with van der Waals surface area (Å²) in [4.78, 5) is 0. The van der Waals surface area contributed by atoms with Gasteiger partial charge in [0, 0.05) is 12.7 Å². The molecule has 2 heterocycles. The van der Waals surface area contributed by atoms with Gasteiger partial charge in [0.1, 0.15) is 5.82 Å². The summed E-state index contributed by atoms with van der Waals surface area (Å²) in [5.41, 5.74) is 7.18. The van der Waals surface area contributed by atoms with Gasteiger partial charge in [-0.05, 0) is 18.6 Å². The van der Waals surface area contributed by atoms with Crippen LogP contribution < -0.4 is 5.73 Å². The van der Waals surface area contributed by atoms with Crippen LogP contribution >= 0.6 is 11.6 Å². The molecule has 5 heteroatoms. The van der Waals surface area contributed by atoms with Crippen LogP contribution in [0.4, 0.5) is 0 Å². The molecule has 0 saturated heterocycles. The summed E-state index contributed by atoms with van der Waals surface area (Å²) in [7, 11) is 0. The molecule has 0 atom stereocenters. The Morgan fingerprint density at radius 1 is 1.54 bits per heavy atom. The highest BCUT2D eigenvalue weighted by atomic mass is 35.5. The number of nitrogens with zero attached hydrogens (tertiary/aromatic N) is 3. The molecule has 0 saturated carbocycles. The van der Waals surface area contributed by atoms with Crippen LogP contribution in [0.1, 0.15) is 11.4 Å². The first-order chi connectivity index (χ1) is 6.22. The van der Waals surface area contributed by atoms with E-state index >= 15 is 0 Å². The van der Waals surface area contributed by atoms with E-state index < -0.39 is 0 Å². The second-order valence-corrected chi connectivity index (χ2v) is 3.23. The second kappa shape index (κ2) is 2.97. The maximum absolute atomic E-state index is 5.98. The first-order valence-corrected chi connectivity index (χ1v) is 4.30. The van der Waals surface area contributed by atoms with Gasteiger partial charge < -0.3 is 5.73 Å². The van der Waals surface area contributed by atoms with Crippen LogP contribution in [0, 0.1) is 6.92 Å². The first-order valence-electron chi connectivity index (χ1n) is 3.92. The van der Waals surface area contributed by atoms with Crippen LogP contribution in [-0.2, 0) is 6.54 Å². The molecule has 13 heavy (non-hydrogen) atoms. The summed E-state index contributed by atoms with van der Waals surface area (Å²) in [6.45, 7) is 2.29. The van der Waals surface area contributed by atoms with E-state index in [2.05, 4.69) is 10.2 Å². The van der Waals surface area contributed by atoms with Gasteiger partial charge in [0.05, 0.1) is 5.02 Å². The molecule has 0 aliphatic rings. The average molecular weight is 197 g/mol. The van der Waals surface area contributed by atoms with Crippen molar-refractivity contribution in [2.24, 2.45) is 5.73 Å². The van der Waals surface area contributed by atoms with Crippen molar-refractivity contribution in [3.63, 3.8) is 0 Å². The zero-order chi connectivity index (χ0) is 9.42. The van der Waals surface area contributed by atoms with Crippen molar-refractivity contribution in [2.45, 2.75) is 13.5 Å². The molecule has 0 unspecified atom stereocenters. The number of aryl methyl sites for hydroxylation is 1. The Morgan fingerprint density at radius 3 is 3.00 bits per heavy atom. The minimum Gasteiger partial charge on any atom is -0.326 e. The Bertz CT molecular complexity index is 449. The van der Waals surface area contributed by atoms with E-state index in [1.54, 1.807) is 6.20 Å². The molecule has 0 radical (unpaired) electrons. The smallest absolute Gasteiger partial charge is 0.161 e. The lowest BCUT2D eigenvalue weighted by Gasteiger charge is -2.01. The number of fused-ring (bicyclic) bond motifs is 1. The minimum absolute atomic E-state index is 0.418. The Hall–Kier alpha value is -1.13. The monoisotopic (exact) mass is 196 g/mol. The van der Waals surface area contributed by atoms with Crippen molar-refractivity contribution in [3.8, 4) is 0 Å². The van der Waals surface area contributed by atoms with Crippen molar-refractivity contribution < 1.29 is 0 Å². The molecule has 2 N–H and O–H groups in total. The van der Waals surface area contributed by atoms with Gasteiger partial charge in [-0.2, -0.15) is 0 Å². The topological polar surface area (TPSA) is 56.2 Å². The predicted octanol–water partition coefficient (Wildman–Crippen LogP) is 1.15. The summed E-state index contributed by atoms with van der Waals surface area (Å²) in [5.74, 6) is 0.820. The maximum atomic E-state index is 5.98. The SMILES string of the molecule is Cc1nnc2cc(CN)c(Cl)cn12. The third-order valence-electron chi connectivity index (χ3n) is 1.97. The molecule has 0 fully saturated rings. The lowest BCUT2D eigenvalue weighted by atomic mass is 10.2. The summed E-state index contributed by atoms with van der Waals surface area (Å²) >= 11 is 5.98. The fourth-order valence-corrected chi connectivity index (χ4v) is 1.45. The highest BCUT2D eigenvalue weighted by Crippen LogP contribution is 2.17. The molecule has 0 aromatic carbocycles. The van der Waals surface area contributed by atoms with Crippen molar-refractivity contribution in [1.82, 2.24) is 14.6 Å². The molecular formula is C8H9ClN4. The molecule has 0 amide bonds. The van der Waals surface area contributed by atoms with Gasteiger partial charge in [0.25, 0.3) is 0 Å². The lowest BCUT2D eigenvalue weighted by molar-refractivity contribution is 0.999. The van der Waals surface area contributed by atoms with Crippen molar-refractivity contribution >= 4 is 17.2 Å². The predicted molar refractivity (Wildman–Crippen MR) is 50.6 cm³/mol. The molecule has 2 aromatic heterocycles. The minimum atomic E-state index is 0.418. The van der Waals surface area contributed by atoms with Crippen molar-refractivity contribution in [2.75, 3.05) is 0 Å². The van der Waals surface area contributed by atoms with Gasteiger partial charge in [-0.3, -0.25) is 4.40 Å². The molecule has 68 valence electrons. The van der Waals surface area contributed by atoms with E-state index in [0.29, 0.717) is 11.6 Å². The normalized spacial score (nSPS) is 11.0. The van der Waals surface area contributed by atoms with Crippen LogP contribution in [0.3, 0.4) is 0 Å². The maximum Gasteiger partial charge on any atom is 0.161 e. The molecule has 0 bridgehead atoms. The second-order valence-electron chi connectivity index (χ2n) is 2.83. The van der Waals surface area contributed by atoms with E-state index in [1.807, 2.05) is 17.4 Å². The number of rotatable bonds is 1. The molecular weight excluding hydrogens is 188 g/mol. The third-order valence-corrected chi connectivity index (χ3v) is 2.31. The molecule has 2 aromatic rings. The number of hydrogen-bond acceptors (Lipinski definition) is 3. The van der Waals surface area contributed by atoms with Crippen LogP contribution in [-0.4, -0.2) is 14.6 Å². The van der Waals surface area contributed by atoms with Crippen molar-refractivity contribution in [1.29, 1.82) is 0 Å². The van der Waals surface area contributed by atoms with Gasteiger partial charge in [-0.25, -0.2) is 0 Å². The van der Waals surface area contributed by atoms with Crippen LogP contribution in [0.5, 0.6) is 0 Å². The van der Waals surface area contributed by atoms with Gasteiger partial charge >= 0.3 is 0 Å². The largest absolute Gasteiger partial charge is 0.326 e.